The zero-order valence-corrected chi connectivity index (χ0v) is 9.30. The van der Waals surface area contributed by atoms with Gasteiger partial charge in [0, 0.05) is 0 Å². The molecule has 0 aromatic rings. The van der Waals surface area contributed by atoms with Gasteiger partial charge >= 0.3 is 0 Å². The van der Waals surface area contributed by atoms with Gasteiger partial charge in [-0.25, -0.2) is 12.8 Å². The molecule has 16 heavy (non-hydrogen) atoms. The first-order valence-corrected chi connectivity index (χ1v) is 6.60. The van der Waals surface area contributed by atoms with Gasteiger partial charge in [0.1, 0.15) is 0 Å². The first-order valence-electron chi connectivity index (χ1n) is 3.44. The fourth-order valence-electron chi connectivity index (χ4n) is 0.475. The molecular formula is C4H8F2O8S2. The van der Waals surface area contributed by atoms with Gasteiger partial charge in [-0.3, -0.25) is 0 Å². The molecule has 0 fully saturated rings. The fourth-order valence-corrected chi connectivity index (χ4v) is 2.83. The Bertz CT molecular complexity index is 375. The van der Waals surface area contributed by atoms with E-state index in [0.717, 1.165) is 0 Å². The van der Waals surface area contributed by atoms with Gasteiger partial charge in [0.25, 0.3) is 20.2 Å². The van der Waals surface area contributed by atoms with Crippen molar-refractivity contribution in [2.75, 3.05) is 25.5 Å². The average Bonchev–Trinajstić information content (AvgIpc) is 2.13. The van der Waals surface area contributed by atoms with Gasteiger partial charge in [0.2, 0.25) is 11.9 Å². The average molecular weight is 286 g/mol. The largest absolute Gasteiger partial charge is 0.323 e. The first kappa shape index (κ1) is 15.6. The van der Waals surface area contributed by atoms with E-state index in [9.17, 15) is 25.8 Å². The first-order chi connectivity index (χ1) is 7.33. The van der Waals surface area contributed by atoms with Crippen LogP contribution in [0.15, 0.2) is 0 Å². The predicted octanol–water partition coefficient (Wildman–Crippen LogP) is -0.604. The van der Waals surface area contributed by atoms with Crippen LogP contribution in [0.5, 0.6) is 0 Å². The molecule has 0 saturated heterocycles. The van der Waals surface area contributed by atoms with Crippen molar-refractivity contribution in [2.45, 2.75) is 0 Å². The van der Waals surface area contributed by atoms with E-state index in [2.05, 4.69) is 18.0 Å². The number of halogens is 2. The third-order valence-electron chi connectivity index (χ3n) is 0.949. The van der Waals surface area contributed by atoms with E-state index in [0.29, 0.717) is 0 Å². The normalized spacial score (nSPS) is 12.9. The molecule has 0 saturated carbocycles. The smallest absolute Gasteiger partial charge is 0.286 e. The summed E-state index contributed by atoms with van der Waals surface area (Å²) in [5, 5.41) is -1.57. The molecule has 0 aliphatic heterocycles. The molecule has 0 bridgehead atoms. The molecule has 98 valence electrons. The molecule has 0 radical (unpaired) electrons. The van der Waals surface area contributed by atoms with Gasteiger partial charge in [0.15, 0.2) is 13.7 Å². The molecule has 0 rings (SSSR count). The quantitative estimate of drug-likeness (QED) is 0.314. The summed E-state index contributed by atoms with van der Waals surface area (Å²) in [4.78, 5) is 2.78. The van der Waals surface area contributed by atoms with Crippen molar-refractivity contribution in [2.24, 2.45) is 0 Å². The Kier molecular flexibility index (Phi) is 6.85. The molecule has 0 aliphatic carbocycles. The van der Waals surface area contributed by atoms with Crippen molar-refractivity contribution >= 4 is 20.2 Å². The third-order valence-corrected chi connectivity index (χ3v) is 4.17. The second kappa shape index (κ2) is 7.03. The minimum absolute atomic E-state index is 0.978. The highest BCUT2D eigenvalue weighted by atomic mass is 32.3. The highest BCUT2D eigenvalue weighted by Gasteiger charge is 2.24. The number of hydrogen-bond acceptors (Lipinski definition) is 8. The van der Waals surface area contributed by atoms with Crippen LogP contribution in [-0.2, 0) is 38.3 Å². The molecule has 0 atom stereocenters. The summed E-state index contributed by atoms with van der Waals surface area (Å²) in [5.74, 6) is 0. The van der Waals surface area contributed by atoms with E-state index in [1.807, 2.05) is 0 Å². The third kappa shape index (κ3) is 7.84. The van der Waals surface area contributed by atoms with Crippen LogP contribution in [0.2, 0.25) is 0 Å². The lowest BCUT2D eigenvalue weighted by molar-refractivity contribution is -0.182. The van der Waals surface area contributed by atoms with Crippen molar-refractivity contribution in [3.63, 3.8) is 0 Å². The Morgan fingerprint density at radius 2 is 1.44 bits per heavy atom. The number of ether oxygens (including phenoxy) is 1. The fraction of sp³-hybridized carbons (Fsp3) is 1.00. The zero-order valence-electron chi connectivity index (χ0n) is 7.67. The van der Waals surface area contributed by atoms with Crippen LogP contribution in [0.4, 0.5) is 8.92 Å². The van der Waals surface area contributed by atoms with Crippen molar-refractivity contribution in [3.05, 3.63) is 0 Å². The SMILES string of the molecule is O=S(=O)(CS(=O)(=O)OCOCF)OCOF. The van der Waals surface area contributed by atoms with Gasteiger partial charge in [0.05, 0.1) is 0 Å². The van der Waals surface area contributed by atoms with Crippen molar-refractivity contribution in [1.82, 2.24) is 0 Å². The maximum atomic E-state index is 11.4. The molecular weight excluding hydrogens is 278 g/mol. The standard InChI is InChI=1S/C4H8F2O8S2/c5-1-11-2-13-15(7,8)4-16(9,10)14-3-12-6/h1-4H2. The molecule has 8 nitrogen and oxygen atoms in total. The summed E-state index contributed by atoms with van der Waals surface area (Å²) < 4.78 is 77.3. The molecule has 0 amide bonds. The van der Waals surface area contributed by atoms with Gasteiger partial charge in [-0.15, -0.1) is 0 Å². The molecule has 0 heterocycles. The van der Waals surface area contributed by atoms with Crippen LogP contribution in [-0.4, -0.2) is 42.4 Å². The van der Waals surface area contributed by atoms with Gasteiger partial charge in [-0.2, -0.15) is 21.8 Å². The summed E-state index contributed by atoms with van der Waals surface area (Å²) in [7, 11) is -9.09. The molecule has 12 heteroatoms. The second-order valence-electron chi connectivity index (χ2n) is 2.13. The summed E-state index contributed by atoms with van der Waals surface area (Å²) in [6.07, 6.45) is 0. The maximum Gasteiger partial charge on any atom is 0.286 e. The van der Waals surface area contributed by atoms with E-state index in [1.54, 1.807) is 0 Å². The molecule has 0 unspecified atom stereocenters. The van der Waals surface area contributed by atoms with Gasteiger partial charge < -0.3 is 4.74 Å². The van der Waals surface area contributed by atoms with E-state index < -0.39 is 45.8 Å². The second-order valence-corrected chi connectivity index (χ2v) is 5.77. The summed E-state index contributed by atoms with van der Waals surface area (Å²) in [6, 6.07) is 0. The highest BCUT2D eigenvalue weighted by molar-refractivity contribution is 8.03. The Morgan fingerprint density at radius 1 is 0.938 bits per heavy atom. The van der Waals surface area contributed by atoms with Crippen molar-refractivity contribution in [1.29, 1.82) is 0 Å². The minimum Gasteiger partial charge on any atom is -0.323 e. The number of rotatable bonds is 9. The summed E-state index contributed by atoms with van der Waals surface area (Å²) >= 11 is 0. The predicted molar refractivity (Wildman–Crippen MR) is 43.9 cm³/mol. The van der Waals surface area contributed by atoms with Crippen LogP contribution in [0.25, 0.3) is 0 Å². The van der Waals surface area contributed by atoms with E-state index in [-0.39, 0.29) is 0 Å². The van der Waals surface area contributed by atoms with Crippen LogP contribution >= 0.6 is 0 Å². The van der Waals surface area contributed by atoms with E-state index in [1.165, 1.54) is 0 Å². The van der Waals surface area contributed by atoms with Crippen LogP contribution in [0.1, 0.15) is 0 Å². The lowest BCUT2D eigenvalue weighted by Gasteiger charge is -2.05. The molecule has 0 aromatic carbocycles. The Labute approximate surface area is 90.2 Å². The van der Waals surface area contributed by atoms with Gasteiger partial charge in [-0.1, -0.05) is 0 Å². The highest BCUT2D eigenvalue weighted by Crippen LogP contribution is 2.03. The van der Waals surface area contributed by atoms with E-state index in [4.69, 9.17) is 0 Å². The molecule has 0 N–H and O–H groups in total. The lowest BCUT2D eigenvalue weighted by Crippen LogP contribution is -2.22. The Balaban J connectivity index is 4.24. The summed E-state index contributed by atoms with van der Waals surface area (Å²) in [6.45, 7) is -3.55. The zero-order chi connectivity index (χ0) is 12.7. The minimum atomic E-state index is -4.57. The number of alkyl halides is 1. The van der Waals surface area contributed by atoms with Crippen molar-refractivity contribution in [3.8, 4) is 0 Å². The van der Waals surface area contributed by atoms with Crippen LogP contribution in [0.3, 0.4) is 0 Å². The monoisotopic (exact) mass is 286 g/mol. The number of hydrogen-bond donors (Lipinski definition) is 0. The topological polar surface area (TPSA) is 105 Å². The Morgan fingerprint density at radius 3 is 1.88 bits per heavy atom. The summed E-state index contributed by atoms with van der Waals surface area (Å²) in [5.41, 5.74) is 0. The maximum absolute atomic E-state index is 11.4. The van der Waals surface area contributed by atoms with Crippen LogP contribution < -0.4 is 0 Å². The lowest BCUT2D eigenvalue weighted by atomic mass is 11.4. The molecule has 0 aliphatic rings. The van der Waals surface area contributed by atoms with E-state index >= 15 is 0 Å². The molecule has 0 spiro atoms. The van der Waals surface area contributed by atoms with Crippen molar-refractivity contribution < 1.29 is 43.8 Å². The molecule has 0 aromatic heterocycles. The van der Waals surface area contributed by atoms with Crippen LogP contribution in [0, 0.1) is 0 Å². The van der Waals surface area contributed by atoms with Gasteiger partial charge in [-0.05, 0) is 4.53 Å². The Hall–Kier alpha value is -0.400.